The number of benzene rings is 1. The van der Waals surface area contributed by atoms with E-state index in [9.17, 15) is 0 Å². The van der Waals surface area contributed by atoms with Gasteiger partial charge in [0.2, 0.25) is 0 Å². The maximum atomic E-state index is 8.99. The highest BCUT2D eigenvalue weighted by molar-refractivity contribution is 5.79. The number of ether oxygens (including phenoxy) is 1. The summed E-state index contributed by atoms with van der Waals surface area (Å²) in [5.74, 6) is 0.953. The van der Waals surface area contributed by atoms with Crippen LogP contribution in [-0.2, 0) is 0 Å². The van der Waals surface area contributed by atoms with Crippen molar-refractivity contribution in [2.75, 3.05) is 7.11 Å². The third kappa shape index (κ3) is 2.34. The van der Waals surface area contributed by atoms with E-state index in [-0.39, 0.29) is 5.57 Å². The molecule has 3 heteroatoms. The van der Waals surface area contributed by atoms with Gasteiger partial charge in [-0.2, -0.15) is 5.26 Å². The third-order valence-electron chi connectivity index (χ3n) is 2.43. The molecule has 0 spiro atoms. The lowest BCUT2D eigenvalue weighted by Crippen LogP contribution is -1.95. The van der Waals surface area contributed by atoms with Crippen LogP contribution in [0.15, 0.2) is 24.5 Å². The topological polar surface area (TPSA) is 53.2 Å². The van der Waals surface area contributed by atoms with Gasteiger partial charge in [-0.25, -0.2) is 0 Å². The zero-order chi connectivity index (χ0) is 12.1. The van der Waals surface area contributed by atoms with Crippen LogP contribution in [0.3, 0.4) is 0 Å². The van der Waals surface area contributed by atoms with Crippen molar-refractivity contribution >= 4 is 5.57 Å². The second kappa shape index (κ2) is 5.22. The summed E-state index contributed by atoms with van der Waals surface area (Å²) in [6, 6.07) is 7.58. The maximum Gasteiger partial charge on any atom is 0.127 e. The fourth-order valence-electron chi connectivity index (χ4n) is 1.45. The van der Waals surface area contributed by atoms with Crippen LogP contribution in [0.2, 0.25) is 0 Å². The highest BCUT2D eigenvalue weighted by Crippen LogP contribution is 2.29. The first-order chi connectivity index (χ1) is 7.63. The standard InChI is InChI=1S/C13H15NO2/c1-9(2)10-4-5-13(16-3)12(6-10)11(7-14)8-15/h4-6,8-9,15H,1-3H3/b11-8+. The average molecular weight is 217 g/mol. The van der Waals surface area contributed by atoms with Gasteiger partial charge in [-0.05, 0) is 23.6 Å². The number of hydrogen-bond donors (Lipinski definition) is 1. The van der Waals surface area contributed by atoms with Crippen LogP contribution >= 0.6 is 0 Å². The largest absolute Gasteiger partial charge is 0.514 e. The molecule has 1 aromatic carbocycles. The van der Waals surface area contributed by atoms with Gasteiger partial charge in [-0.3, -0.25) is 0 Å². The summed E-state index contributed by atoms with van der Waals surface area (Å²) in [5.41, 5.74) is 1.93. The summed E-state index contributed by atoms with van der Waals surface area (Å²) in [6.45, 7) is 4.14. The van der Waals surface area contributed by atoms with Crippen molar-refractivity contribution in [2.45, 2.75) is 19.8 Å². The van der Waals surface area contributed by atoms with Gasteiger partial charge in [0.05, 0.1) is 18.9 Å². The van der Waals surface area contributed by atoms with E-state index in [1.54, 1.807) is 7.11 Å². The number of aliphatic hydroxyl groups excluding tert-OH is 1. The first-order valence-electron chi connectivity index (χ1n) is 5.06. The molecule has 0 atom stereocenters. The van der Waals surface area contributed by atoms with E-state index >= 15 is 0 Å². The Balaban J connectivity index is 3.34. The van der Waals surface area contributed by atoms with E-state index in [4.69, 9.17) is 15.1 Å². The molecule has 1 aromatic rings. The van der Waals surface area contributed by atoms with Crippen LogP contribution in [0.4, 0.5) is 0 Å². The lowest BCUT2D eigenvalue weighted by Gasteiger charge is -2.11. The van der Waals surface area contributed by atoms with E-state index < -0.39 is 0 Å². The van der Waals surface area contributed by atoms with Crippen molar-refractivity contribution in [3.05, 3.63) is 35.6 Å². The molecule has 0 aliphatic carbocycles. The van der Waals surface area contributed by atoms with Crippen molar-refractivity contribution < 1.29 is 9.84 Å². The molecule has 0 saturated carbocycles. The summed E-state index contributed by atoms with van der Waals surface area (Å²) in [6.07, 6.45) is 0.807. The number of aliphatic hydroxyl groups is 1. The first-order valence-corrected chi connectivity index (χ1v) is 5.06. The smallest absolute Gasteiger partial charge is 0.127 e. The van der Waals surface area contributed by atoms with Gasteiger partial charge in [0.15, 0.2) is 0 Å². The predicted molar refractivity (Wildman–Crippen MR) is 63.3 cm³/mol. The van der Waals surface area contributed by atoms with Gasteiger partial charge in [0, 0.05) is 5.56 Å². The van der Waals surface area contributed by atoms with Crippen LogP contribution in [-0.4, -0.2) is 12.2 Å². The second-order valence-electron chi connectivity index (χ2n) is 3.77. The van der Waals surface area contributed by atoms with Crippen molar-refractivity contribution in [3.63, 3.8) is 0 Å². The zero-order valence-electron chi connectivity index (χ0n) is 9.69. The Morgan fingerprint density at radius 1 is 1.50 bits per heavy atom. The number of nitriles is 1. The summed E-state index contributed by atoms with van der Waals surface area (Å²) in [7, 11) is 1.54. The summed E-state index contributed by atoms with van der Waals surface area (Å²) in [5, 5.41) is 17.9. The van der Waals surface area contributed by atoms with Crippen LogP contribution in [0.5, 0.6) is 5.75 Å². The average Bonchev–Trinajstić information content (AvgIpc) is 2.30. The van der Waals surface area contributed by atoms with Gasteiger partial charge >= 0.3 is 0 Å². The van der Waals surface area contributed by atoms with Gasteiger partial charge in [0.25, 0.3) is 0 Å². The number of allylic oxidation sites excluding steroid dienone is 1. The number of rotatable bonds is 3. The molecule has 0 heterocycles. The Morgan fingerprint density at radius 2 is 2.19 bits per heavy atom. The molecule has 0 amide bonds. The summed E-state index contributed by atoms with van der Waals surface area (Å²) in [4.78, 5) is 0. The molecule has 0 saturated heterocycles. The molecule has 3 nitrogen and oxygen atoms in total. The quantitative estimate of drug-likeness (QED) is 0.624. The minimum atomic E-state index is 0.208. The van der Waals surface area contributed by atoms with Crippen LogP contribution in [0, 0.1) is 11.3 Å². The normalized spacial score (nSPS) is 11.3. The molecule has 0 fully saturated rings. The van der Waals surface area contributed by atoms with Crippen molar-refractivity contribution in [3.8, 4) is 11.8 Å². The molecule has 0 radical (unpaired) electrons. The number of hydrogen-bond acceptors (Lipinski definition) is 3. The van der Waals surface area contributed by atoms with Crippen LogP contribution < -0.4 is 4.74 Å². The Bertz CT molecular complexity index is 442. The molecule has 84 valence electrons. The van der Waals surface area contributed by atoms with E-state index in [0.717, 1.165) is 11.8 Å². The first kappa shape index (κ1) is 12.1. The zero-order valence-corrected chi connectivity index (χ0v) is 9.69. The fraction of sp³-hybridized carbons (Fsp3) is 0.308. The Morgan fingerprint density at radius 3 is 2.62 bits per heavy atom. The van der Waals surface area contributed by atoms with Crippen LogP contribution in [0.25, 0.3) is 5.57 Å². The van der Waals surface area contributed by atoms with Gasteiger partial charge in [-0.1, -0.05) is 19.9 Å². The predicted octanol–water partition coefficient (Wildman–Crippen LogP) is 3.24. The maximum absolute atomic E-state index is 8.99. The molecule has 0 aliphatic rings. The highest BCUT2D eigenvalue weighted by Gasteiger charge is 2.10. The van der Waals surface area contributed by atoms with E-state index in [1.165, 1.54) is 0 Å². The molecule has 0 aliphatic heterocycles. The lowest BCUT2D eigenvalue weighted by molar-refractivity contribution is 0.413. The molecular formula is C13H15NO2. The van der Waals surface area contributed by atoms with E-state index in [1.807, 2.05) is 24.3 Å². The molecular weight excluding hydrogens is 202 g/mol. The second-order valence-corrected chi connectivity index (χ2v) is 3.77. The molecule has 0 bridgehead atoms. The molecule has 0 aromatic heterocycles. The Labute approximate surface area is 95.6 Å². The Kier molecular flexibility index (Phi) is 3.96. The van der Waals surface area contributed by atoms with Gasteiger partial charge in [-0.15, -0.1) is 0 Å². The van der Waals surface area contributed by atoms with Crippen LogP contribution in [0.1, 0.15) is 30.9 Å². The Hall–Kier alpha value is -1.95. The van der Waals surface area contributed by atoms with Gasteiger partial charge in [0.1, 0.15) is 11.8 Å². The van der Waals surface area contributed by atoms with Crippen molar-refractivity contribution in [2.24, 2.45) is 0 Å². The van der Waals surface area contributed by atoms with Gasteiger partial charge < -0.3 is 9.84 Å². The summed E-state index contributed by atoms with van der Waals surface area (Å²) >= 11 is 0. The van der Waals surface area contributed by atoms with E-state index in [2.05, 4.69) is 13.8 Å². The fourth-order valence-corrected chi connectivity index (χ4v) is 1.45. The minimum absolute atomic E-state index is 0.208. The van der Waals surface area contributed by atoms with E-state index in [0.29, 0.717) is 17.2 Å². The summed E-state index contributed by atoms with van der Waals surface area (Å²) < 4.78 is 5.16. The minimum Gasteiger partial charge on any atom is -0.514 e. The third-order valence-corrected chi connectivity index (χ3v) is 2.43. The van der Waals surface area contributed by atoms with Crippen molar-refractivity contribution in [1.82, 2.24) is 0 Å². The van der Waals surface area contributed by atoms with Crippen molar-refractivity contribution in [1.29, 1.82) is 5.26 Å². The lowest BCUT2D eigenvalue weighted by atomic mass is 9.97. The molecule has 1 N–H and O–H groups in total. The molecule has 0 unspecified atom stereocenters. The highest BCUT2D eigenvalue weighted by atomic mass is 16.5. The monoisotopic (exact) mass is 217 g/mol. The molecule has 16 heavy (non-hydrogen) atoms. The molecule has 1 rings (SSSR count). The SMILES string of the molecule is COc1ccc(C(C)C)cc1/C(C#N)=C/O. The number of nitrogens with zero attached hydrogens (tertiary/aromatic N) is 1. The number of methoxy groups -OCH3 is 1.